The number of H-pyrrole nitrogens is 1. The Morgan fingerprint density at radius 2 is 1.92 bits per heavy atom. The van der Waals surface area contributed by atoms with Gasteiger partial charge in [0.15, 0.2) is 0 Å². The fraction of sp³-hybridized carbons (Fsp3) is 0.111. The highest BCUT2D eigenvalue weighted by Crippen LogP contribution is 2.22. The largest absolute Gasteiger partial charge is 0.338 e. The summed E-state index contributed by atoms with van der Waals surface area (Å²) < 4.78 is 0. The summed E-state index contributed by atoms with van der Waals surface area (Å²) in [5, 5.41) is 6.60. The lowest BCUT2D eigenvalue weighted by molar-refractivity contribution is -0.121. The second-order valence-corrected chi connectivity index (χ2v) is 5.73. The van der Waals surface area contributed by atoms with E-state index in [4.69, 9.17) is 0 Å². The molecule has 2 amide bonds. The summed E-state index contributed by atoms with van der Waals surface area (Å²) in [6.45, 7) is 0. The molecular weight excluding hydrogens is 318 g/mol. The van der Waals surface area contributed by atoms with Crippen molar-refractivity contribution in [3.63, 3.8) is 0 Å². The van der Waals surface area contributed by atoms with Crippen molar-refractivity contribution in [2.24, 2.45) is 5.10 Å². The number of aromatic amines is 1. The number of hydrazone groups is 1. The summed E-state index contributed by atoms with van der Waals surface area (Å²) in [5.74, 6) is 0.282. The number of benzene rings is 2. The van der Waals surface area contributed by atoms with Crippen molar-refractivity contribution in [3.05, 3.63) is 48.5 Å². The van der Waals surface area contributed by atoms with Crippen molar-refractivity contribution in [3.8, 4) is 11.4 Å². The molecule has 0 saturated heterocycles. The second-order valence-electron chi connectivity index (χ2n) is 5.73. The molecule has 2 aromatic carbocycles. The highest BCUT2D eigenvalue weighted by molar-refractivity contribution is 6.43. The number of aromatic nitrogens is 2. The van der Waals surface area contributed by atoms with Crippen LogP contribution < -0.4 is 10.7 Å². The van der Waals surface area contributed by atoms with Crippen LogP contribution in [0, 0.1) is 0 Å². The van der Waals surface area contributed by atoms with Gasteiger partial charge in [-0.25, -0.2) is 10.4 Å². The third kappa shape index (κ3) is 3.12. The molecule has 0 atom stereocenters. The molecule has 7 heteroatoms. The molecule has 124 valence electrons. The van der Waals surface area contributed by atoms with Crippen molar-refractivity contribution in [1.29, 1.82) is 0 Å². The fourth-order valence-corrected chi connectivity index (χ4v) is 2.66. The molecule has 7 nitrogen and oxygen atoms in total. The third-order valence-corrected chi connectivity index (χ3v) is 3.95. The van der Waals surface area contributed by atoms with Crippen molar-refractivity contribution in [2.45, 2.75) is 12.8 Å². The van der Waals surface area contributed by atoms with Crippen LogP contribution >= 0.6 is 0 Å². The van der Waals surface area contributed by atoms with Crippen LogP contribution in [0.5, 0.6) is 0 Å². The first-order chi connectivity index (χ1) is 12.2. The number of hydrogen-bond donors (Lipinski definition) is 3. The maximum atomic E-state index is 12.2. The van der Waals surface area contributed by atoms with E-state index in [1.54, 1.807) is 6.07 Å². The zero-order valence-corrected chi connectivity index (χ0v) is 13.2. The Balaban J connectivity index is 1.57. The molecule has 0 unspecified atom stereocenters. The first kappa shape index (κ1) is 15.1. The minimum absolute atomic E-state index is 0.177. The Labute approximate surface area is 143 Å². The number of carbonyl (C=O) groups is 2. The molecule has 3 aromatic rings. The number of nitrogens with one attached hydrogen (secondary N) is 3. The SMILES string of the molecule is O=C1CCC(C(=O)Nc2ccc3nc(-c4ccccc4)[nH]c3c2)=NN1. The number of rotatable bonds is 3. The zero-order valence-electron chi connectivity index (χ0n) is 13.2. The van der Waals surface area contributed by atoms with Crippen molar-refractivity contribution in [2.75, 3.05) is 5.32 Å². The maximum absolute atomic E-state index is 12.2. The van der Waals surface area contributed by atoms with Gasteiger partial charge in [0.2, 0.25) is 5.91 Å². The van der Waals surface area contributed by atoms with E-state index in [0.717, 1.165) is 22.4 Å². The smallest absolute Gasteiger partial charge is 0.271 e. The molecule has 0 saturated carbocycles. The first-order valence-corrected chi connectivity index (χ1v) is 7.91. The van der Waals surface area contributed by atoms with Crippen LogP contribution in [0.1, 0.15) is 12.8 Å². The van der Waals surface area contributed by atoms with Crippen molar-refractivity contribution in [1.82, 2.24) is 15.4 Å². The summed E-state index contributed by atoms with van der Waals surface area (Å²) in [6, 6.07) is 15.3. The minimum Gasteiger partial charge on any atom is -0.338 e. The number of nitrogens with zero attached hydrogens (tertiary/aromatic N) is 2. The average molecular weight is 333 g/mol. The number of anilines is 1. The molecule has 2 heterocycles. The summed E-state index contributed by atoms with van der Waals surface area (Å²) in [4.78, 5) is 31.1. The zero-order chi connectivity index (χ0) is 17.2. The predicted molar refractivity (Wildman–Crippen MR) is 95.0 cm³/mol. The number of carbonyl (C=O) groups excluding carboxylic acids is 2. The number of imidazole rings is 1. The van der Waals surface area contributed by atoms with E-state index in [1.807, 2.05) is 42.5 Å². The van der Waals surface area contributed by atoms with Crippen LogP contribution in [0.4, 0.5) is 5.69 Å². The average Bonchev–Trinajstić information content (AvgIpc) is 3.06. The Morgan fingerprint density at radius 3 is 2.68 bits per heavy atom. The molecule has 0 spiro atoms. The van der Waals surface area contributed by atoms with Gasteiger partial charge in [0.05, 0.1) is 11.0 Å². The van der Waals surface area contributed by atoms with Crippen LogP contribution in [0.15, 0.2) is 53.6 Å². The minimum atomic E-state index is -0.317. The van der Waals surface area contributed by atoms with Crippen LogP contribution in [-0.2, 0) is 9.59 Å². The molecule has 0 bridgehead atoms. The van der Waals surface area contributed by atoms with Crippen LogP contribution in [0.25, 0.3) is 22.4 Å². The third-order valence-electron chi connectivity index (χ3n) is 3.95. The summed E-state index contributed by atoms with van der Waals surface area (Å²) >= 11 is 0. The van der Waals surface area contributed by atoms with Crippen molar-refractivity contribution >= 4 is 34.2 Å². The molecule has 25 heavy (non-hydrogen) atoms. The van der Waals surface area contributed by atoms with Gasteiger partial charge in [-0.2, -0.15) is 5.10 Å². The topological polar surface area (TPSA) is 99.2 Å². The van der Waals surface area contributed by atoms with Gasteiger partial charge in [-0.1, -0.05) is 30.3 Å². The lowest BCUT2D eigenvalue weighted by atomic mass is 10.1. The Kier molecular flexibility index (Phi) is 3.74. The van der Waals surface area contributed by atoms with Crippen LogP contribution in [0.3, 0.4) is 0 Å². The molecule has 1 aromatic heterocycles. The number of hydrogen-bond acceptors (Lipinski definition) is 4. The highest BCUT2D eigenvalue weighted by atomic mass is 16.2. The van der Waals surface area contributed by atoms with E-state index in [1.165, 1.54) is 0 Å². The van der Waals surface area contributed by atoms with Gasteiger partial charge >= 0.3 is 0 Å². The van der Waals surface area contributed by atoms with Gasteiger partial charge in [0.1, 0.15) is 11.5 Å². The number of amides is 2. The van der Waals surface area contributed by atoms with Gasteiger partial charge in [0, 0.05) is 24.1 Å². The molecule has 0 radical (unpaired) electrons. The molecule has 3 N–H and O–H groups in total. The van der Waals surface area contributed by atoms with E-state index in [0.29, 0.717) is 17.8 Å². The first-order valence-electron chi connectivity index (χ1n) is 7.91. The van der Waals surface area contributed by atoms with E-state index >= 15 is 0 Å². The Hall–Kier alpha value is -3.48. The summed E-state index contributed by atoms with van der Waals surface area (Å²) in [6.07, 6.45) is 0.606. The normalized spacial score (nSPS) is 14.1. The Bertz CT molecular complexity index is 991. The predicted octanol–water partition coefficient (Wildman–Crippen LogP) is 2.43. The number of fused-ring (bicyclic) bond motifs is 1. The standard InChI is InChI=1S/C18H15N5O2/c24-16-9-8-14(22-23-16)18(25)19-12-6-7-13-15(10-12)21-17(20-13)11-4-2-1-3-5-11/h1-7,10H,8-9H2,(H,19,25)(H,20,21)(H,23,24). The van der Waals surface area contributed by atoms with Gasteiger partial charge in [-0.3, -0.25) is 9.59 Å². The van der Waals surface area contributed by atoms with Crippen LogP contribution in [0.2, 0.25) is 0 Å². The lowest BCUT2D eigenvalue weighted by Gasteiger charge is -2.11. The lowest BCUT2D eigenvalue weighted by Crippen LogP contribution is -2.32. The van der Waals surface area contributed by atoms with Gasteiger partial charge < -0.3 is 10.3 Å². The molecule has 1 aliphatic heterocycles. The Morgan fingerprint density at radius 1 is 1.08 bits per heavy atom. The van der Waals surface area contributed by atoms with Crippen molar-refractivity contribution < 1.29 is 9.59 Å². The van der Waals surface area contributed by atoms with E-state index in [2.05, 4.69) is 25.8 Å². The van der Waals surface area contributed by atoms with E-state index in [9.17, 15) is 9.59 Å². The quantitative estimate of drug-likeness (QED) is 0.686. The fourth-order valence-electron chi connectivity index (χ4n) is 2.66. The van der Waals surface area contributed by atoms with Crippen LogP contribution in [-0.4, -0.2) is 27.5 Å². The molecule has 0 fully saturated rings. The molecule has 0 aliphatic carbocycles. The molecule has 4 rings (SSSR count). The molecule has 1 aliphatic rings. The van der Waals surface area contributed by atoms with E-state index < -0.39 is 0 Å². The second kappa shape index (κ2) is 6.20. The monoisotopic (exact) mass is 333 g/mol. The maximum Gasteiger partial charge on any atom is 0.271 e. The van der Waals surface area contributed by atoms with E-state index in [-0.39, 0.29) is 18.2 Å². The van der Waals surface area contributed by atoms with Gasteiger partial charge in [-0.05, 0) is 18.2 Å². The summed E-state index contributed by atoms with van der Waals surface area (Å²) in [5.41, 5.74) is 5.92. The highest BCUT2D eigenvalue weighted by Gasteiger charge is 2.18. The van der Waals surface area contributed by atoms with Gasteiger partial charge in [-0.15, -0.1) is 0 Å². The van der Waals surface area contributed by atoms with Gasteiger partial charge in [0.25, 0.3) is 5.91 Å². The summed E-state index contributed by atoms with van der Waals surface area (Å²) in [7, 11) is 0. The molecular formula is C18H15N5O2.